The molecular formula is C10H20O4. The predicted molar refractivity (Wildman–Crippen MR) is 53.0 cm³/mol. The Morgan fingerprint density at radius 3 is 2.36 bits per heavy atom. The number of hydrogen-bond acceptors (Lipinski definition) is 4. The molecule has 84 valence electrons. The fourth-order valence-electron chi connectivity index (χ4n) is 1.01. The highest BCUT2D eigenvalue weighted by Gasteiger charge is 2.35. The van der Waals surface area contributed by atoms with Gasteiger partial charge in [0.15, 0.2) is 6.10 Å². The summed E-state index contributed by atoms with van der Waals surface area (Å²) >= 11 is 0. The molecule has 0 aromatic rings. The van der Waals surface area contributed by atoms with E-state index in [1.807, 2.05) is 6.92 Å². The van der Waals surface area contributed by atoms with E-state index < -0.39 is 17.7 Å². The van der Waals surface area contributed by atoms with Crippen molar-refractivity contribution in [1.82, 2.24) is 0 Å². The lowest BCUT2D eigenvalue weighted by molar-refractivity contribution is -0.173. The van der Waals surface area contributed by atoms with Gasteiger partial charge >= 0.3 is 5.97 Å². The van der Waals surface area contributed by atoms with Crippen LogP contribution in [0.5, 0.6) is 0 Å². The summed E-state index contributed by atoms with van der Waals surface area (Å²) in [5.41, 5.74) is -1.21. The van der Waals surface area contributed by atoms with Crippen LogP contribution in [0.15, 0.2) is 0 Å². The molecule has 0 fully saturated rings. The summed E-state index contributed by atoms with van der Waals surface area (Å²) in [4.78, 5) is 11.4. The maximum absolute atomic E-state index is 11.4. The molecule has 0 heterocycles. The van der Waals surface area contributed by atoms with Crippen LogP contribution in [0.25, 0.3) is 0 Å². The molecule has 0 aromatic heterocycles. The van der Waals surface area contributed by atoms with Crippen LogP contribution in [-0.4, -0.2) is 36.0 Å². The zero-order valence-corrected chi connectivity index (χ0v) is 9.37. The van der Waals surface area contributed by atoms with Gasteiger partial charge in [0.2, 0.25) is 0 Å². The molecule has 4 heteroatoms. The van der Waals surface area contributed by atoms with Crippen molar-refractivity contribution < 1.29 is 19.4 Å². The molecule has 0 bridgehead atoms. The second-order valence-corrected chi connectivity index (χ2v) is 3.66. The van der Waals surface area contributed by atoms with Gasteiger partial charge in [-0.05, 0) is 27.2 Å². The van der Waals surface area contributed by atoms with Crippen LogP contribution in [0, 0.1) is 0 Å². The van der Waals surface area contributed by atoms with Crippen molar-refractivity contribution >= 4 is 5.97 Å². The van der Waals surface area contributed by atoms with E-state index in [1.54, 1.807) is 6.92 Å². The van der Waals surface area contributed by atoms with Gasteiger partial charge in [0, 0.05) is 6.61 Å². The molecule has 0 aromatic carbocycles. The van der Waals surface area contributed by atoms with Crippen LogP contribution < -0.4 is 0 Å². The number of hydrogen-bond donors (Lipinski definition) is 1. The van der Waals surface area contributed by atoms with Gasteiger partial charge in [0.1, 0.15) is 0 Å². The molecule has 0 aliphatic rings. The second kappa shape index (κ2) is 5.98. The highest BCUT2D eigenvalue weighted by molar-refractivity contribution is 5.76. The molecule has 0 saturated heterocycles. The van der Waals surface area contributed by atoms with Crippen molar-refractivity contribution in [2.75, 3.05) is 13.2 Å². The molecule has 1 unspecified atom stereocenters. The summed E-state index contributed by atoms with van der Waals surface area (Å²) in [6.07, 6.45) is -0.103. The number of carbonyl (C=O) groups is 1. The third-order valence-electron chi connectivity index (χ3n) is 1.63. The molecule has 4 nitrogen and oxygen atoms in total. The number of rotatable bonds is 6. The predicted octanol–water partition coefficient (Wildman–Crippen LogP) is 1.12. The number of aliphatic hydroxyl groups is 1. The maximum Gasteiger partial charge on any atom is 0.338 e. The topological polar surface area (TPSA) is 55.8 Å². The van der Waals surface area contributed by atoms with Crippen LogP contribution in [0.1, 0.15) is 34.1 Å². The Bertz CT molecular complexity index is 171. The molecule has 14 heavy (non-hydrogen) atoms. The van der Waals surface area contributed by atoms with E-state index in [-0.39, 0.29) is 0 Å². The van der Waals surface area contributed by atoms with E-state index in [9.17, 15) is 9.90 Å². The summed E-state index contributed by atoms with van der Waals surface area (Å²) in [6.45, 7) is 7.45. The van der Waals surface area contributed by atoms with Gasteiger partial charge in [0.25, 0.3) is 0 Å². The quantitative estimate of drug-likeness (QED) is 0.659. The van der Waals surface area contributed by atoms with Crippen LogP contribution in [0.3, 0.4) is 0 Å². The molecule has 0 aliphatic heterocycles. The van der Waals surface area contributed by atoms with Gasteiger partial charge in [-0.15, -0.1) is 0 Å². The first-order valence-corrected chi connectivity index (χ1v) is 4.94. The van der Waals surface area contributed by atoms with Gasteiger partial charge in [0.05, 0.1) is 12.2 Å². The van der Waals surface area contributed by atoms with E-state index in [2.05, 4.69) is 0 Å². The van der Waals surface area contributed by atoms with Crippen LogP contribution >= 0.6 is 0 Å². The summed E-state index contributed by atoms with van der Waals surface area (Å²) in [5, 5.41) is 9.68. The average Bonchev–Trinajstić information content (AvgIpc) is 2.03. The molecule has 0 radical (unpaired) electrons. The zero-order valence-electron chi connectivity index (χ0n) is 9.37. The third-order valence-corrected chi connectivity index (χ3v) is 1.63. The van der Waals surface area contributed by atoms with Crippen LogP contribution in [0.4, 0.5) is 0 Å². The average molecular weight is 204 g/mol. The highest BCUT2D eigenvalue weighted by atomic mass is 16.6. The van der Waals surface area contributed by atoms with Crippen molar-refractivity contribution in [3.05, 3.63) is 0 Å². The van der Waals surface area contributed by atoms with Crippen LogP contribution in [0.2, 0.25) is 0 Å². The highest BCUT2D eigenvalue weighted by Crippen LogP contribution is 2.14. The molecule has 0 saturated carbocycles. The molecule has 0 rings (SSSR count). The van der Waals surface area contributed by atoms with E-state index in [1.165, 1.54) is 13.8 Å². The molecule has 0 spiro atoms. The normalized spacial score (nSPS) is 13.8. The minimum Gasteiger partial charge on any atom is -0.464 e. The van der Waals surface area contributed by atoms with E-state index in [4.69, 9.17) is 9.47 Å². The molecule has 0 aliphatic carbocycles. The lowest BCUT2D eigenvalue weighted by atomic mass is 10.0. The summed E-state index contributed by atoms with van der Waals surface area (Å²) in [6, 6.07) is 0. The molecule has 1 N–H and O–H groups in total. The first-order chi connectivity index (χ1) is 6.43. The van der Waals surface area contributed by atoms with E-state index in [0.717, 1.165) is 6.42 Å². The molecule has 1 atom stereocenters. The number of esters is 1. The van der Waals surface area contributed by atoms with E-state index in [0.29, 0.717) is 13.2 Å². The first kappa shape index (κ1) is 13.4. The summed E-state index contributed by atoms with van der Waals surface area (Å²) in [7, 11) is 0. The Balaban J connectivity index is 4.31. The van der Waals surface area contributed by atoms with Crippen molar-refractivity contribution in [3.63, 3.8) is 0 Å². The first-order valence-electron chi connectivity index (χ1n) is 4.94. The van der Waals surface area contributed by atoms with Crippen molar-refractivity contribution in [2.45, 2.75) is 45.8 Å². The molecular weight excluding hydrogens is 184 g/mol. The Kier molecular flexibility index (Phi) is 5.72. The lowest BCUT2D eigenvalue weighted by Crippen LogP contribution is -2.45. The Hall–Kier alpha value is -0.610. The van der Waals surface area contributed by atoms with Crippen molar-refractivity contribution in [3.8, 4) is 0 Å². The smallest absolute Gasteiger partial charge is 0.338 e. The monoisotopic (exact) mass is 204 g/mol. The lowest BCUT2D eigenvalue weighted by Gasteiger charge is -2.27. The zero-order chi connectivity index (χ0) is 11.2. The van der Waals surface area contributed by atoms with Gasteiger partial charge in [-0.25, -0.2) is 4.79 Å². The maximum atomic E-state index is 11.4. The Morgan fingerprint density at radius 2 is 2.00 bits per heavy atom. The minimum atomic E-state index is -1.21. The Labute approximate surface area is 85.2 Å². The fraction of sp³-hybridized carbons (Fsp3) is 0.900. The standard InChI is InChI=1S/C10H20O4/c1-5-7-14-8(10(3,4)12)9(11)13-6-2/h8,12H,5-7H2,1-4H3. The van der Waals surface area contributed by atoms with Gasteiger partial charge in [-0.3, -0.25) is 0 Å². The summed E-state index contributed by atoms with van der Waals surface area (Å²) < 4.78 is 10.0. The summed E-state index contributed by atoms with van der Waals surface area (Å²) in [5.74, 6) is -0.506. The largest absolute Gasteiger partial charge is 0.464 e. The Morgan fingerprint density at radius 1 is 1.43 bits per heavy atom. The number of carbonyl (C=O) groups excluding carboxylic acids is 1. The number of ether oxygens (including phenoxy) is 2. The second-order valence-electron chi connectivity index (χ2n) is 3.66. The van der Waals surface area contributed by atoms with Gasteiger partial charge in [-0.1, -0.05) is 6.92 Å². The van der Waals surface area contributed by atoms with Crippen molar-refractivity contribution in [2.24, 2.45) is 0 Å². The SMILES string of the molecule is CCCOC(C(=O)OCC)C(C)(C)O. The van der Waals surface area contributed by atoms with Gasteiger partial charge in [-0.2, -0.15) is 0 Å². The minimum absolute atomic E-state index is 0.293. The van der Waals surface area contributed by atoms with Crippen LogP contribution in [-0.2, 0) is 14.3 Å². The van der Waals surface area contributed by atoms with Crippen molar-refractivity contribution in [1.29, 1.82) is 0 Å². The van der Waals surface area contributed by atoms with Gasteiger partial charge < -0.3 is 14.6 Å². The third kappa shape index (κ3) is 4.58. The molecule has 0 amide bonds. The fourth-order valence-corrected chi connectivity index (χ4v) is 1.01. The van der Waals surface area contributed by atoms with E-state index >= 15 is 0 Å².